The maximum absolute atomic E-state index is 11.8. The molecule has 0 amide bonds. The zero-order valence-electron chi connectivity index (χ0n) is 14.0. The lowest BCUT2D eigenvalue weighted by Crippen LogP contribution is -2.23. The predicted molar refractivity (Wildman–Crippen MR) is 95.2 cm³/mol. The van der Waals surface area contributed by atoms with Crippen molar-refractivity contribution in [2.45, 2.75) is 25.8 Å². The second-order valence-corrected chi connectivity index (χ2v) is 6.60. The van der Waals surface area contributed by atoms with Crippen LogP contribution in [-0.2, 0) is 4.74 Å². The minimum absolute atomic E-state index is 0.0725. The molecule has 1 aliphatic rings. The number of benzene rings is 1. The van der Waals surface area contributed by atoms with Crippen LogP contribution in [0.1, 0.15) is 46.9 Å². The number of hydrogen-bond acceptors (Lipinski definition) is 8. The van der Waals surface area contributed by atoms with E-state index in [2.05, 4.69) is 4.98 Å². The smallest absolute Gasteiger partial charge is 0.357 e. The molecule has 9 heteroatoms. The largest absolute Gasteiger partial charge is 0.461 e. The van der Waals surface area contributed by atoms with E-state index < -0.39 is 10.9 Å². The molecule has 0 aliphatic carbocycles. The summed E-state index contributed by atoms with van der Waals surface area (Å²) < 4.78 is 4.97. The van der Waals surface area contributed by atoms with Crippen molar-refractivity contribution in [1.29, 1.82) is 5.26 Å². The summed E-state index contributed by atoms with van der Waals surface area (Å²) in [7, 11) is 0. The van der Waals surface area contributed by atoms with Gasteiger partial charge in [0.15, 0.2) is 5.69 Å². The Bertz CT molecular complexity index is 889. The number of esters is 1. The van der Waals surface area contributed by atoms with Crippen LogP contribution in [0.25, 0.3) is 0 Å². The van der Waals surface area contributed by atoms with Crippen molar-refractivity contribution in [3.63, 3.8) is 0 Å². The number of nitro groups is 1. The highest BCUT2D eigenvalue weighted by Gasteiger charge is 2.31. The Hall–Kier alpha value is -2.99. The molecule has 0 bridgehead atoms. The molecule has 1 fully saturated rings. The van der Waals surface area contributed by atoms with Gasteiger partial charge in [-0.3, -0.25) is 10.1 Å². The Morgan fingerprint density at radius 1 is 1.58 bits per heavy atom. The fraction of sp³-hybridized carbons (Fsp3) is 0.353. The fourth-order valence-corrected chi connectivity index (χ4v) is 3.96. The average Bonchev–Trinajstić information content (AvgIpc) is 3.30. The number of nitro benzene ring substituents is 1. The Labute approximate surface area is 153 Å². The first-order valence-electron chi connectivity index (χ1n) is 8.13. The van der Waals surface area contributed by atoms with Gasteiger partial charge in [-0.25, -0.2) is 9.78 Å². The van der Waals surface area contributed by atoms with Gasteiger partial charge in [0.2, 0.25) is 0 Å². The van der Waals surface area contributed by atoms with Crippen LogP contribution in [0, 0.1) is 21.4 Å². The number of ether oxygens (including phenoxy) is 1. The van der Waals surface area contributed by atoms with Gasteiger partial charge in [0, 0.05) is 24.1 Å². The fourth-order valence-electron chi connectivity index (χ4n) is 3.03. The third-order valence-corrected chi connectivity index (χ3v) is 5.11. The predicted octanol–water partition coefficient (Wildman–Crippen LogP) is 3.44. The summed E-state index contributed by atoms with van der Waals surface area (Å²) in [6.07, 6.45) is 1.73. The third kappa shape index (κ3) is 3.36. The zero-order valence-corrected chi connectivity index (χ0v) is 14.9. The van der Waals surface area contributed by atoms with Gasteiger partial charge in [0.1, 0.15) is 11.1 Å². The highest BCUT2D eigenvalue weighted by Crippen LogP contribution is 2.39. The van der Waals surface area contributed by atoms with E-state index >= 15 is 0 Å². The summed E-state index contributed by atoms with van der Waals surface area (Å²) in [5, 5.41) is 22.8. The Kier molecular flexibility index (Phi) is 5.14. The van der Waals surface area contributed by atoms with Crippen LogP contribution >= 0.6 is 11.3 Å². The molecule has 1 aromatic carbocycles. The molecule has 0 N–H and O–H groups in total. The summed E-state index contributed by atoms with van der Waals surface area (Å²) >= 11 is 1.38. The van der Waals surface area contributed by atoms with Gasteiger partial charge in [0.05, 0.1) is 28.8 Å². The molecular weight excluding hydrogens is 356 g/mol. The molecule has 1 atom stereocenters. The quantitative estimate of drug-likeness (QED) is 0.449. The molecular formula is C17H16N4O4S. The van der Waals surface area contributed by atoms with Crippen molar-refractivity contribution >= 4 is 28.7 Å². The van der Waals surface area contributed by atoms with Crippen LogP contribution in [-0.4, -0.2) is 29.0 Å². The molecule has 1 unspecified atom stereocenters. The molecule has 26 heavy (non-hydrogen) atoms. The number of nitrogens with zero attached hydrogens (tertiary/aromatic N) is 4. The van der Waals surface area contributed by atoms with Gasteiger partial charge in [-0.15, -0.1) is 11.3 Å². The van der Waals surface area contributed by atoms with Crippen LogP contribution in [0.15, 0.2) is 23.6 Å². The summed E-state index contributed by atoms with van der Waals surface area (Å²) in [5.41, 5.74) is 1.07. The topological polar surface area (TPSA) is 109 Å². The molecule has 2 aromatic rings. The molecule has 1 aromatic heterocycles. The first kappa shape index (κ1) is 17.8. The van der Waals surface area contributed by atoms with Crippen molar-refractivity contribution in [3.8, 4) is 6.07 Å². The van der Waals surface area contributed by atoms with Crippen molar-refractivity contribution in [2.75, 3.05) is 18.1 Å². The Morgan fingerprint density at radius 2 is 2.38 bits per heavy atom. The summed E-state index contributed by atoms with van der Waals surface area (Å²) in [4.78, 5) is 28.7. The third-order valence-electron chi connectivity index (χ3n) is 4.17. The van der Waals surface area contributed by atoms with Gasteiger partial charge in [-0.05, 0) is 25.8 Å². The summed E-state index contributed by atoms with van der Waals surface area (Å²) in [6, 6.07) is 6.26. The van der Waals surface area contributed by atoms with Gasteiger partial charge in [0.25, 0.3) is 5.69 Å². The number of rotatable bonds is 5. The standard InChI is InChI=1S/C17H16N4O4S/c1-2-25-17(22)13-10-26-16(19-13)15-4-3-7-20(15)14-6-5-12(21(23)24)8-11(14)9-18/h5-6,8,10,15H,2-4,7H2,1H3. The molecule has 8 nitrogen and oxygen atoms in total. The van der Waals surface area contributed by atoms with Gasteiger partial charge in [-0.2, -0.15) is 5.26 Å². The molecule has 0 spiro atoms. The molecule has 1 saturated heterocycles. The van der Waals surface area contributed by atoms with E-state index in [9.17, 15) is 20.2 Å². The number of hydrogen-bond donors (Lipinski definition) is 0. The van der Waals surface area contributed by atoms with E-state index in [1.807, 2.05) is 11.0 Å². The number of aromatic nitrogens is 1. The number of non-ortho nitro benzene ring substituents is 1. The summed E-state index contributed by atoms with van der Waals surface area (Å²) in [6.45, 7) is 2.74. The van der Waals surface area contributed by atoms with Gasteiger partial charge in [-0.1, -0.05) is 0 Å². The molecule has 0 radical (unpaired) electrons. The second kappa shape index (κ2) is 7.49. The average molecular weight is 372 g/mol. The Balaban J connectivity index is 1.91. The minimum atomic E-state index is -0.515. The Morgan fingerprint density at radius 3 is 3.08 bits per heavy atom. The number of thiazole rings is 1. The normalized spacial score (nSPS) is 16.3. The number of carbonyl (C=O) groups is 1. The zero-order chi connectivity index (χ0) is 18.7. The maximum Gasteiger partial charge on any atom is 0.357 e. The van der Waals surface area contributed by atoms with E-state index in [0.29, 0.717) is 12.2 Å². The first-order chi connectivity index (χ1) is 12.5. The highest BCUT2D eigenvalue weighted by atomic mass is 32.1. The van der Waals surface area contributed by atoms with E-state index in [1.165, 1.54) is 23.5 Å². The molecule has 1 aliphatic heterocycles. The van der Waals surface area contributed by atoms with Crippen LogP contribution in [0.2, 0.25) is 0 Å². The van der Waals surface area contributed by atoms with Crippen molar-refractivity contribution < 1.29 is 14.5 Å². The van der Waals surface area contributed by atoms with E-state index in [-0.39, 0.29) is 29.6 Å². The van der Waals surface area contributed by atoms with Crippen molar-refractivity contribution in [1.82, 2.24) is 4.98 Å². The molecule has 2 heterocycles. The first-order valence-corrected chi connectivity index (χ1v) is 9.00. The molecule has 134 valence electrons. The summed E-state index contributed by atoms with van der Waals surface area (Å²) in [5.74, 6) is -0.451. The number of nitriles is 1. The van der Waals surface area contributed by atoms with Crippen LogP contribution in [0.4, 0.5) is 11.4 Å². The van der Waals surface area contributed by atoms with Gasteiger partial charge < -0.3 is 9.64 Å². The van der Waals surface area contributed by atoms with E-state index in [4.69, 9.17) is 4.74 Å². The molecule has 3 rings (SSSR count). The van der Waals surface area contributed by atoms with E-state index in [0.717, 1.165) is 17.8 Å². The SMILES string of the molecule is CCOC(=O)c1csc(C2CCCN2c2ccc([N+](=O)[O-])cc2C#N)n1. The van der Waals surface area contributed by atoms with Crippen molar-refractivity contribution in [3.05, 3.63) is 50.0 Å². The number of anilines is 1. The lowest BCUT2D eigenvalue weighted by molar-refractivity contribution is -0.384. The lowest BCUT2D eigenvalue weighted by atomic mass is 10.1. The minimum Gasteiger partial charge on any atom is -0.461 e. The monoisotopic (exact) mass is 372 g/mol. The highest BCUT2D eigenvalue weighted by molar-refractivity contribution is 7.10. The lowest BCUT2D eigenvalue weighted by Gasteiger charge is -2.26. The molecule has 0 saturated carbocycles. The maximum atomic E-state index is 11.8. The number of carbonyl (C=O) groups excluding carboxylic acids is 1. The second-order valence-electron chi connectivity index (χ2n) is 5.71. The van der Waals surface area contributed by atoms with Crippen molar-refractivity contribution in [2.24, 2.45) is 0 Å². The van der Waals surface area contributed by atoms with Gasteiger partial charge >= 0.3 is 5.97 Å². The van der Waals surface area contributed by atoms with E-state index in [1.54, 1.807) is 18.4 Å². The van der Waals surface area contributed by atoms with Crippen LogP contribution in [0.3, 0.4) is 0 Å². The van der Waals surface area contributed by atoms with Crippen LogP contribution in [0.5, 0.6) is 0 Å². The van der Waals surface area contributed by atoms with Crippen LogP contribution < -0.4 is 4.90 Å².